The Morgan fingerprint density at radius 3 is 2.48 bits per heavy atom. The van der Waals surface area contributed by atoms with E-state index in [4.69, 9.17) is 16.2 Å². The molecule has 0 spiro atoms. The monoisotopic (exact) mass is 305 g/mol. The first-order valence-corrected chi connectivity index (χ1v) is 6.90. The Hall–Kier alpha value is -2.54. The number of anilines is 1. The number of carbonyl (C=O) groups is 2. The number of hydrogen-bond donors (Lipinski definition) is 3. The standard InChI is InChI=1S/C14H15N3O3S/c1-7-10(12(15)18)13(17-14(16)19)21-11(7)8-5-3-4-6-9(8)20-2/h3-6H,1-2H3,(H2,15,18)(H3,16,17,19). The zero-order chi connectivity index (χ0) is 15.6. The Bertz CT molecular complexity index is 709. The Kier molecular flexibility index (Phi) is 4.13. The van der Waals surface area contributed by atoms with E-state index in [1.54, 1.807) is 14.0 Å². The third kappa shape index (κ3) is 2.82. The highest BCUT2D eigenvalue weighted by Gasteiger charge is 2.22. The van der Waals surface area contributed by atoms with Gasteiger partial charge in [0.2, 0.25) is 0 Å². The average molecular weight is 305 g/mol. The summed E-state index contributed by atoms with van der Waals surface area (Å²) in [7, 11) is 1.57. The molecule has 6 nitrogen and oxygen atoms in total. The number of para-hydroxylation sites is 1. The summed E-state index contributed by atoms with van der Waals surface area (Å²) in [6.07, 6.45) is 0. The van der Waals surface area contributed by atoms with Gasteiger partial charge in [-0.15, -0.1) is 11.3 Å². The molecule has 0 fully saturated rings. The second-order valence-electron chi connectivity index (χ2n) is 4.31. The molecule has 1 aromatic heterocycles. The molecule has 0 bridgehead atoms. The number of hydrogen-bond acceptors (Lipinski definition) is 4. The summed E-state index contributed by atoms with van der Waals surface area (Å²) in [5.41, 5.74) is 12.3. The third-order valence-electron chi connectivity index (χ3n) is 2.98. The van der Waals surface area contributed by atoms with Crippen LogP contribution < -0.4 is 21.5 Å². The Labute approximate surface area is 125 Å². The van der Waals surface area contributed by atoms with Gasteiger partial charge in [-0.05, 0) is 24.6 Å². The van der Waals surface area contributed by atoms with Gasteiger partial charge < -0.3 is 16.2 Å². The fourth-order valence-corrected chi connectivity index (χ4v) is 3.34. The van der Waals surface area contributed by atoms with Gasteiger partial charge in [0.25, 0.3) is 5.91 Å². The van der Waals surface area contributed by atoms with E-state index in [1.807, 2.05) is 24.3 Å². The summed E-state index contributed by atoms with van der Waals surface area (Å²) in [5, 5.41) is 2.78. The molecule has 0 unspecified atom stereocenters. The van der Waals surface area contributed by atoms with Gasteiger partial charge in [0, 0.05) is 10.4 Å². The van der Waals surface area contributed by atoms with E-state index in [2.05, 4.69) is 5.32 Å². The van der Waals surface area contributed by atoms with E-state index in [-0.39, 0.29) is 5.56 Å². The smallest absolute Gasteiger partial charge is 0.317 e. The molecule has 0 saturated carbocycles. The molecule has 1 aromatic carbocycles. The summed E-state index contributed by atoms with van der Waals surface area (Å²) in [6.45, 7) is 1.77. The van der Waals surface area contributed by atoms with Gasteiger partial charge in [0.1, 0.15) is 10.8 Å². The minimum absolute atomic E-state index is 0.264. The Morgan fingerprint density at radius 1 is 1.24 bits per heavy atom. The van der Waals surface area contributed by atoms with E-state index in [9.17, 15) is 9.59 Å². The predicted molar refractivity (Wildman–Crippen MR) is 82.8 cm³/mol. The molecule has 5 N–H and O–H groups in total. The van der Waals surface area contributed by atoms with Crippen molar-refractivity contribution in [2.75, 3.05) is 12.4 Å². The molecule has 0 radical (unpaired) electrons. The molecule has 110 valence electrons. The van der Waals surface area contributed by atoms with Gasteiger partial charge in [-0.2, -0.15) is 0 Å². The number of primary amides is 2. The minimum Gasteiger partial charge on any atom is -0.496 e. The van der Waals surface area contributed by atoms with E-state index in [0.717, 1.165) is 10.4 Å². The fraction of sp³-hybridized carbons (Fsp3) is 0.143. The molecule has 0 aliphatic carbocycles. The lowest BCUT2D eigenvalue weighted by Gasteiger charge is -2.07. The largest absolute Gasteiger partial charge is 0.496 e. The summed E-state index contributed by atoms with van der Waals surface area (Å²) in [6, 6.07) is 6.66. The van der Waals surface area contributed by atoms with E-state index in [0.29, 0.717) is 16.3 Å². The molecular weight excluding hydrogens is 290 g/mol. The lowest BCUT2D eigenvalue weighted by molar-refractivity contribution is 0.100. The third-order valence-corrected chi connectivity index (χ3v) is 4.22. The highest BCUT2D eigenvalue weighted by atomic mass is 32.1. The molecular formula is C14H15N3O3S. The number of urea groups is 1. The van der Waals surface area contributed by atoms with Crippen molar-refractivity contribution in [3.8, 4) is 16.2 Å². The van der Waals surface area contributed by atoms with E-state index >= 15 is 0 Å². The van der Waals surface area contributed by atoms with Crippen molar-refractivity contribution in [3.05, 3.63) is 35.4 Å². The number of amides is 3. The molecule has 0 aliphatic heterocycles. The van der Waals surface area contributed by atoms with Crippen LogP contribution in [-0.2, 0) is 0 Å². The van der Waals surface area contributed by atoms with E-state index < -0.39 is 11.9 Å². The van der Waals surface area contributed by atoms with Crippen LogP contribution in [0.5, 0.6) is 5.75 Å². The van der Waals surface area contributed by atoms with Crippen molar-refractivity contribution in [2.24, 2.45) is 11.5 Å². The second kappa shape index (κ2) is 5.84. The fourth-order valence-electron chi connectivity index (χ4n) is 2.10. The van der Waals surface area contributed by atoms with Gasteiger partial charge in [-0.1, -0.05) is 12.1 Å². The molecule has 7 heteroatoms. The van der Waals surface area contributed by atoms with Crippen LogP contribution >= 0.6 is 11.3 Å². The molecule has 0 aliphatic rings. The van der Waals surface area contributed by atoms with Gasteiger partial charge in [0.05, 0.1) is 12.7 Å². The topological polar surface area (TPSA) is 107 Å². The van der Waals surface area contributed by atoms with Crippen LogP contribution in [0.25, 0.3) is 10.4 Å². The SMILES string of the molecule is COc1ccccc1-c1sc(NC(N)=O)c(C(N)=O)c1C. The van der Waals surface area contributed by atoms with Crippen LogP contribution in [0, 0.1) is 6.92 Å². The normalized spacial score (nSPS) is 10.2. The van der Waals surface area contributed by atoms with Crippen LogP contribution in [0.2, 0.25) is 0 Å². The molecule has 3 amide bonds. The first kappa shape index (κ1) is 14.9. The molecule has 21 heavy (non-hydrogen) atoms. The first-order valence-electron chi connectivity index (χ1n) is 6.08. The maximum absolute atomic E-state index is 11.6. The second-order valence-corrected chi connectivity index (χ2v) is 5.33. The summed E-state index contributed by atoms with van der Waals surface area (Å²) < 4.78 is 5.32. The number of nitrogens with two attached hydrogens (primary N) is 2. The van der Waals surface area contributed by atoms with Crippen molar-refractivity contribution in [3.63, 3.8) is 0 Å². The van der Waals surface area contributed by atoms with Crippen molar-refractivity contribution in [1.82, 2.24) is 0 Å². The van der Waals surface area contributed by atoms with Crippen molar-refractivity contribution in [2.45, 2.75) is 6.92 Å². The quantitative estimate of drug-likeness (QED) is 0.806. The summed E-state index contributed by atoms with van der Waals surface area (Å²) in [4.78, 5) is 23.5. The summed E-state index contributed by atoms with van der Waals surface area (Å²) in [5.74, 6) is 0.0529. The van der Waals surface area contributed by atoms with Gasteiger partial charge >= 0.3 is 6.03 Å². The maximum atomic E-state index is 11.6. The predicted octanol–water partition coefficient (Wildman–Crippen LogP) is 2.32. The molecule has 1 heterocycles. The number of methoxy groups -OCH3 is 1. The highest BCUT2D eigenvalue weighted by molar-refractivity contribution is 7.20. The first-order chi connectivity index (χ1) is 9.95. The molecule has 0 saturated heterocycles. The molecule has 0 atom stereocenters. The number of benzene rings is 1. The zero-order valence-electron chi connectivity index (χ0n) is 11.6. The zero-order valence-corrected chi connectivity index (χ0v) is 12.4. The van der Waals surface area contributed by atoms with Crippen molar-refractivity contribution in [1.29, 1.82) is 0 Å². The summed E-state index contributed by atoms with van der Waals surface area (Å²) >= 11 is 1.23. The van der Waals surface area contributed by atoms with E-state index in [1.165, 1.54) is 11.3 Å². The minimum atomic E-state index is -0.745. The number of rotatable bonds is 4. The Balaban J connectivity index is 2.65. The van der Waals surface area contributed by atoms with Crippen LogP contribution in [0.3, 0.4) is 0 Å². The Morgan fingerprint density at radius 2 is 1.90 bits per heavy atom. The van der Waals surface area contributed by atoms with Crippen molar-refractivity contribution < 1.29 is 14.3 Å². The van der Waals surface area contributed by atoms with Gasteiger partial charge in [-0.25, -0.2) is 4.79 Å². The van der Waals surface area contributed by atoms with Crippen LogP contribution in [0.15, 0.2) is 24.3 Å². The molecule has 2 aromatic rings. The van der Waals surface area contributed by atoms with Gasteiger partial charge in [-0.3, -0.25) is 10.1 Å². The number of nitrogens with one attached hydrogen (secondary N) is 1. The highest BCUT2D eigenvalue weighted by Crippen LogP contribution is 2.42. The lowest BCUT2D eigenvalue weighted by atomic mass is 10.1. The van der Waals surface area contributed by atoms with Crippen LogP contribution in [0.1, 0.15) is 15.9 Å². The molecule has 2 rings (SSSR count). The van der Waals surface area contributed by atoms with Crippen molar-refractivity contribution >= 4 is 28.3 Å². The van der Waals surface area contributed by atoms with Gasteiger partial charge in [0.15, 0.2) is 0 Å². The number of ether oxygens (including phenoxy) is 1. The average Bonchev–Trinajstić information content (AvgIpc) is 2.74. The maximum Gasteiger partial charge on any atom is 0.317 e. The van der Waals surface area contributed by atoms with Crippen LogP contribution in [-0.4, -0.2) is 19.0 Å². The number of thiophene rings is 1. The number of carbonyl (C=O) groups excluding carboxylic acids is 2. The lowest BCUT2D eigenvalue weighted by Crippen LogP contribution is -2.21. The van der Waals surface area contributed by atoms with Crippen LogP contribution in [0.4, 0.5) is 9.80 Å².